The second-order valence-electron chi connectivity index (χ2n) is 11.6. The fourth-order valence-electron chi connectivity index (χ4n) is 6.03. The van der Waals surface area contributed by atoms with Gasteiger partial charge in [0.15, 0.2) is 5.82 Å². The molecule has 3 aromatic rings. The molecular formula is C29H34ClFN5OP. The van der Waals surface area contributed by atoms with Gasteiger partial charge in [0.05, 0.1) is 11.9 Å². The summed E-state index contributed by atoms with van der Waals surface area (Å²) >= 11 is 6.39. The zero-order chi connectivity index (χ0) is 26.5. The molecule has 1 saturated carbocycles. The fourth-order valence-corrected chi connectivity index (χ4v) is 7.31. The molecule has 2 N–H and O–H groups in total. The molecule has 6 nitrogen and oxygen atoms in total. The van der Waals surface area contributed by atoms with Gasteiger partial charge in [-0.15, -0.1) is 0 Å². The van der Waals surface area contributed by atoms with Crippen molar-refractivity contribution in [1.82, 2.24) is 14.9 Å². The zero-order valence-electron chi connectivity index (χ0n) is 21.9. The van der Waals surface area contributed by atoms with Crippen molar-refractivity contribution in [3.8, 4) is 0 Å². The smallest absolute Gasteiger partial charge is 0.229 e. The van der Waals surface area contributed by atoms with Crippen LogP contribution >= 0.6 is 18.7 Å². The molecule has 2 fully saturated rings. The lowest BCUT2D eigenvalue weighted by molar-refractivity contribution is 0.212. The first kappa shape index (κ1) is 25.8. The van der Waals surface area contributed by atoms with Gasteiger partial charge in [0.25, 0.3) is 0 Å². The van der Waals surface area contributed by atoms with Gasteiger partial charge in [0, 0.05) is 23.6 Å². The SMILES string of the molecule is CP(C)(=O)c1cc(F)ccc1Nc1nc(Nc2ccc3c(c2)CC[C@@H](N2CCC4(CC4)C2)CC3)ncc1Cl. The average molecular weight is 554 g/mol. The Labute approximate surface area is 228 Å². The summed E-state index contributed by atoms with van der Waals surface area (Å²) in [6.45, 7) is 5.79. The van der Waals surface area contributed by atoms with Crippen molar-refractivity contribution in [3.63, 3.8) is 0 Å². The maximum atomic E-state index is 13.9. The first-order chi connectivity index (χ1) is 18.2. The van der Waals surface area contributed by atoms with E-state index in [0.717, 1.165) is 18.5 Å². The summed E-state index contributed by atoms with van der Waals surface area (Å²) in [6.07, 6.45) is 10.4. The number of hydrogen-bond donors (Lipinski definition) is 2. The number of aryl methyl sites for hydroxylation is 2. The molecule has 3 aliphatic rings. The molecule has 9 heteroatoms. The fraction of sp³-hybridized carbons (Fsp3) is 0.448. The van der Waals surface area contributed by atoms with Crippen LogP contribution in [0.25, 0.3) is 0 Å². The minimum atomic E-state index is -2.74. The van der Waals surface area contributed by atoms with Gasteiger partial charge >= 0.3 is 0 Å². The topological polar surface area (TPSA) is 70.2 Å². The van der Waals surface area contributed by atoms with Crippen molar-refractivity contribution >= 4 is 47.2 Å². The van der Waals surface area contributed by atoms with E-state index in [1.54, 1.807) is 19.4 Å². The number of halogens is 2. The van der Waals surface area contributed by atoms with Crippen LogP contribution in [0.3, 0.4) is 0 Å². The Morgan fingerprint density at radius 2 is 1.84 bits per heavy atom. The molecule has 1 aromatic heterocycles. The van der Waals surface area contributed by atoms with Crippen LogP contribution in [0.1, 0.15) is 43.2 Å². The van der Waals surface area contributed by atoms with Crippen LogP contribution in [-0.2, 0) is 17.4 Å². The highest BCUT2D eigenvalue weighted by molar-refractivity contribution is 7.70. The van der Waals surface area contributed by atoms with Gasteiger partial charge in [-0.1, -0.05) is 17.7 Å². The lowest BCUT2D eigenvalue weighted by Gasteiger charge is -2.26. The number of nitrogens with one attached hydrogen (secondary N) is 2. The molecular weight excluding hydrogens is 520 g/mol. The van der Waals surface area contributed by atoms with Crippen molar-refractivity contribution in [2.45, 2.75) is 51.0 Å². The summed E-state index contributed by atoms with van der Waals surface area (Å²) in [5.41, 5.74) is 4.94. The minimum Gasteiger partial charge on any atom is -0.338 e. The average Bonchev–Trinajstić information content (AvgIpc) is 3.56. The monoisotopic (exact) mass is 553 g/mol. The maximum Gasteiger partial charge on any atom is 0.229 e. The minimum absolute atomic E-state index is 0.315. The van der Waals surface area contributed by atoms with E-state index in [9.17, 15) is 8.96 Å². The van der Waals surface area contributed by atoms with Gasteiger partial charge in [-0.25, -0.2) is 9.37 Å². The number of aromatic nitrogens is 2. The predicted octanol–water partition coefficient (Wildman–Crippen LogP) is 6.74. The summed E-state index contributed by atoms with van der Waals surface area (Å²) in [4.78, 5) is 11.7. The summed E-state index contributed by atoms with van der Waals surface area (Å²) in [5, 5.41) is 7.18. The van der Waals surface area contributed by atoms with Crippen molar-refractivity contribution in [2.75, 3.05) is 37.1 Å². The highest BCUT2D eigenvalue weighted by atomic mass is 35.5. The van der Waals surface area contributed by atoms with Crippen molar-refractivity contribution in [3.05, 3.63) is 64.6 Å². The molecule has 1 aliphatic heterocycles. The van der Waals surface area contributed by atoms with E-state index in [4.69, 9.17) is 11.6 Å². The van der Waals surface area contributed by atoms with Gasteiger partial charge in [-0.05, 0) is 112 Å². The molecule has 0 radical (unpaired) electrons. The molecule has 2 aliphatic carbocycles. The molecule has 200 valence electrons. The third-order valence-corrected chi connectivity index (χ3v) is 10.2. The molecule has 38 heavy (non-hydrogen) atoms. The second-order valence-corrected chi connectivity index (χ2v) is 15.2. The highest BCUT2D eigenvalue weighted by Crippen LogP contribution is 2.53. The van der Waals surface area contributed by atoms with Crippen LogP contribution in [0, 0.1) is 11.2 Å². The van der Waals surface area contributed by atoms with Crippen LogP contribution in [0.2, 0.25) is 5.02 Å². The lowest BCUT2D eigenvalue weighted by atomic mass is 10.0. The normalized spacial score (nSPS) is 20.7. The summed E-state index contributed by atoms with van der Waals surface area (Å²) in [6, 6.07) is 11.4. The van der Waals surface area contributed by atoms with Gasteiger partial charge in [0.2, 0.25) is 5.95 Å². The first-order valence-electron chi connectivity index (χ1n) is 13.5. The van der Waals surface area contributed by atoms with E-state index in [1.807, 2.05) is 0 Å². The molecule has 0 amide bonds. The summed E-state index contributed by atoms with van der Waals surface area (Å²) in [5.74, 6) is 0.324. The Balaban J connectivity index is 1.17. The molecule has 2 heterocycles. The summed E-state index contributed by atoms with van der Waals surface area (Å²) < 4.78 is 26.6. The number of nitrogens with zero attached hydrogens (tertiary/aromatic N) is 3. The Bertz CT molecular complexity index is 1420. The van der Waals surface area contributed by atoms with Gasteiger partial charge in [-0.3, -0.25) is 4.90 Å². The third kappa shape index (κ3) is 5.47. The lowest BCUT2D eigenvalue weighted by Crippen LogP contribution is -2.33. The zero-order valence-corrected chi connectivity index (χ0v) is 23.6. The van der Waals surface area contributed by atoms with Crippen molar-refractivity contribution < 1.29 is 8.96 Å². The van der Waals surface area contributed by atoms with E-state index < -0.39 is 13.0 Å². The van der Waals surface area contributed by atoms with Crippen molar-refractivity contribution in [1.29, 1.82) is 0 Å². The second kappa shape index (κ2) is 9.93. The van der Waals surface area contributed by atoms with Gasteiger partial charge in [0.1, 0.15) is 18.0 Å². The third-order valence-electron chi connectivity index (χ3n) is 8.43. The largest absolute Gasteiger partial charge is 0.338 e. The van der Waals surface area contributed by atoms with E-state index in [2.05, 4.69) is 43.7 Å². The van der Waals surface area contributed by atoms with Crippen LogP contribution < -0.4 is 15.9 Å². The maximum absolute atomic E-state index is 13.9. The number of likely N-dealkylation sites (tertiary alicyclic amines) is 1. The van der Waals surface area contributed by atoms with Gasteiger partial charge < -0.3 is 15.2 Å². The van der Waals surface area contributed by atoms with E-state index in [-0.39, 0.29) is 0 Å². The van der Waals surface area contributed by atoms with Gasteiger partial charge in [-0.2, -0.15) is 4.98 Å². The number of fused-ring (bicyclic) bond motifs is 1. The quantitative estimate of drug-likeness (QED) is 0.260. The number of anilines is 4. The van der Waals surface area contributed by atoms with E-state index in [1.165, 1.54) is 74.7 Å². The molecule has 1 saturated heterocycles. The Hall–Kier alpha value is -2.47. The molecule has 1 atom stereocenters. The van der Waals surface area contributed by atoms with E-state index in [0.29, 0.717) is 39.2 Å². The standard InChI is InChI=1S/C29H34ClFN5OP/c1-38(2,37)26-16-21(31)6-10-25(26)34-27-24(30)17-32-28(35-27)33-22-7-3-19-4-8-23(9-5-20(19)15-22)36-14-13-29(18-36)11-12-29/h3,6-7,10,15-17,23H,4-5,8-9,11-14,18H2,1-2H3,(H2,32,33,34,35)/t23-/m0/s1. The van der Waals surface area contributed by atoms with Crippen LogP contribution in [0.15, 0.2) is 42.6 Å². The predicted molar refractivity (Wildman–Crippen MR) is 154 cm³/mol. The first-order valence-corrected chi connectivity index (χ1v) is 16.4. The molecule has 0 unspecified atom stereocenters. The Kier molecular flexibility index (Phi) is 6.74. The van der Waals surface area contributed by atoms with Crippen molar-refractivity contribution in [2.24, 2.45) is 5.41 Å². The molecule has 0 bridgehead atoms. The van der Waals surface area contributed by atoms with Crippen LogP contribution in [0.5, 0.6) is 0 Å². The summed E-state index contributed by atoms with van der Waals surface area (Å²) in [7, 11) is -2.74. The van der Waals surface area contributed by atoms with Crippen LogP contribution in [0.4, 0.5) is 27.5 Å². The molecule has 1 spiro atoms. The number of rotatable bonds is 6. The Morgan fingerprint density at radius 1 is 1.05 bits per heavy atom. The highest BCUT2D eigenvalue weighted by Gasteiger charge is 2.48. The number of benzene rings is 2. The number of hydrogen-bond acceptors (Lipinski definition) is 6. The van der Waals surface area contributed by atoms with E-state index >= 15 is 0 Å². The molecule has 6 rings (SSSR count). The molecule has 2 aromatic carbocycles. The van der Waals surface area contributed by atoms with Crippen LogP contribution in [-0.4, -0.2) is 47.3 Å². The Morgan fingerprint density at radius 3 is 2.58 bits per heavy atom.